The van der Waals surface area contributed by atoms with E-state index in [0.717, 1.165) is 27.3 Å². The number of carbonyl (C=O) groups excluding carboxylic acids is 2. The summed E-state index contributed by atoms with van der Waals surface area (Å²) in [5.41, 5.74) is 4.44. The van der Waals surface area contributed by atoms with Crippen LogP contribution in [0.1, 0.15) is 21.9 Å². The van der Waals surface area contributed by atoms with Gasteiger partial charge in [0.1, 0.15) is 11.0 Å². The van der Waals surface area contributed by atoms with Crippen LogP contribution < -0.4 is 15.4 Å². The van der Waals surface area contributed by atoms with E-state index < -0.39 is 5.25 Å². The molecule has 1 atom stereocenters. The number of ether oxygens (including phenoxy) is 1. The zero-order valence-electron chi connectivity index (χ0n) is 20.2. The molecule has 4 aromatic rings. The van der Waals surface area contributed by atoms with Crippen molar-refractivity contribution in [1.29, 1.82) is 0 Å². The Kier molecular flexibility index (Phi) is 8.42. The molecule has 4 rings (SSSR count). The monoisotopic (exact) mass is 496 g/mol. The van der Waals surface area contributed by atoms with Gasteiger partial charge in [0, 0.05) is 16.3 Å². The minimum absolute atomic E-state index is 0.0910. The largest absolute Gasteiger partial charge is 0.484 e. The van der Waals surface area contributed by atoms with Crippen molar-refractivity contribution in [1.82, 2.24) is 0 Å². The highest BCUT2D eigenvalue weighted by Gasteiger charge is 2.23. The summed E-state index contributed by atoms with van der Waals surface area (Å²) in [5, 5.41) is 5.50. The molecule has 0 saturated carbocycles. The molecule has 6 heteroatoms. The third kappa shape index (κ3) is 6.99. The number of aryl methyl sites for hydroxylation is 2. The fraction of sp³-hybridized carbons (Fsp3) is 0.133. The van der Waals surface area contributed by atoms with E-state index in [1.165, 1.54) is 11.8 Å². The quantitative estimate of drug-likeness (QED) is 0.250. The first kappa shape index (κ1) is 25.1. The molecule has 0 radical (unpaired) electrons. The second-order valence-electron chi connectivity index (χ2n) is 8.39. The highest BCUT2D eigenvalue weighted by atomic mass is 32.2. The number of nitrogens with one attached hydrogen (secondary N) is 2. The topological polar surface area (TPSA) is 67.4 Å². The van der Waals surface area contributed by atoms with E-state index in [9.17, 15) is 9.59 Å². The van der Waals surface area contributed by atoms with Gasteiger partial charge in [-0.2, -0.15) is 0 Å². The van der Waals surface area contributed by atoms with Crippen LogP contribution in [0.15, 0.2) is 108 Å². The first-order valence-corrected chi connectivity index (χ1v) is 12.5. The molecule has 2 amide bonds. The number of para-hydroxylation sites is 1. The second-order valence-corrected chi connectivity index (χ2v) is 9.57. The van der Waals surface area contributed by atoms with Crippen LogP contribution in [0.4, 0.5) is 11.4 Å². The summed E-state index contributed by atoms with van der Waals surface area (Å²) < 4.78 is 5.53. The number of anilines is 2. The van der Waals surface area contributed by atoms with Crippen LogP contribution in [0.2, 0.25) is 0 Å². The minimum Gasteiger partial charge on any atom is -0.484 e. The number of hydrogen-bond acceptors (Lipinski definition) is 4. The first-order valence-electron chi connectivity index (χ1n) is 11.7. The standard InChI is InChI=1S/C30H28N2O3S/c1-21-16-17-22(2)27(18-21)32-30(34)29(23-10-5-3-6-11-23)36-26-15-9-12-24(19-26)31-28(33)20-35-25-13-7-4-8-14-25/h3-19,29H,20H2,1-2H3,(H,31,33)(H,32,34). The first-order chi connectivity index (χ1) is 17.5. The van der Waals surface area contributed by atoms with Crippen molar-refractivity contribution in [2.75, 3.05) is 17.2 Å². The summed E-state index contributed by atoms with van der Waals surface area (Å²) in [7, 11) is 0. The lowest BCUT2D eigenvalue weighted by Crippen LogP contribution is -2.20. The minimum atomic E-state index is -0.474. The number of rotatable bonds is 9. The zero-order valence-corrected chi connectivity index (χ0v) is 21.0. The van der Waals surface area contributed by atoms with Crippen molar-refractivity contribution < 1.29 is 14.3 Å². The van der Waals surface area contributed by atoms with Gasteiger partial charge >= 0.3 is 0 Å². The summed E-state index contributed by atoms with van der Waals surface area (Å²) >= 11 is 1.44. The Morgan fingerprint density at radius 2 is 1.53 bits per heavy atom. The number of amides is 2. The van der Waals surface area contributed by atoms with Gasteiger partial charge in [0.2, 0.25) is 5.91 Å². The van der Waals surface area contributed by atoms with E-state index in [2.05, 4.69) is 10.6 Å². The average Bonchev–Trinajstić information content (AvgIpc) is 2.89. The van der Waals surface area contributed by atoms with Crippen molar-refractivity contribution in [3.05, 3.63) is 120 Å². The van der Waals surface area contributed by atoms with Gasteiger partial charge in [-0.25, -0.2) is 0 Å². The lowest BCUT2D eigenvalue weighted by molar-refractivity contribution is -0.118. The third-order valence-electron chi connectivity index (χ3n) is 5.48. The van der Waals surface area contributed by atoms with Crippen LogP contribution in [-0.2, 0) is 9.59 Å². The van der Waals surface area contributed by atoms with Crippen LogP contribution >= 0.6 is 11.8 Å². The number of hydrogen-bond donors (Lipinski definition) is 2. The lowest BCUT2D eigenvalue weighted by atomic mass is 10.1. The SMILES string of the molecule is Cc1ccc(C)c(NC(=O)C(Sc2cccc(NC(=O)COc3ccccc3)c2)c2ccccc2)c1. The molecule has 0 fully saturated rings. The lowest BCUT2D eigenvalue weighted by Gasteiger charge is -2.19. The Morgan fingerprint density at radius 3 is 2.28 bits per heavy atom. The summed E-state index contributed by atoms with van der Waals surface area (Å²) in [5.74, 6) is 0.274. The molecule has 0 heterocycles. The van der Waals surface area contributed by atoms with Gasteiger partial charge in [-0.15, -0.1) is 11.8 Å². The normalized spacial score (nSPS) is 11.4. The zero-order chi connectivity index (χ0) is 25.3. The van der Waals surface area contributed by atoms with Crippen LogP contribution in [0.3, 0.4) is 0 Å². The molecule has 0 spiro atoms. The van der Waals surface area contributed by atoms with E-state index in [4.69, 9.17) is 4.74 Å². The molecule has 0 aliphatic carbocycles. The predicted octanol–water partition coefficient (Wildman–Crippen LogP) is 6.79. The molecule has 0 aromatic heterocycles. The summed E-state index contributed by atoms with van der Waals surface area (Å²) in [6, 6.07) is 32.4. The molecular formula is C30H28N2O3S. The molecule has 36 heavy (non-hydrogen) atoms. The number of carbonyl (C=O) groups is 2. The van der Waals surface area contributed by atoms with Crippen LogP contribution in [-0.4, -0.2) is 18.4 Å². The molecular weight excluding hydrogens is 468 g/mol. The van der Waals surface area contributed by atoms with Gasteiger partial charge < -0.3 is 15.4 Å². The highest BCUT2D eigenvalue weighted by molar-refractivity contribution is 8.00. The Hall–Kier alpha value is -4.03. The Balaban J connectivity index is 1.47. The van der Waals surface area contributed by atoms with Gasteiger partial charge in [0.05, 0.1) is 0 Å². The summed E-state index contributed by atoms with van der Waals surface area (Å²) in [4.78, 5) is 26.7. The van der Waals surface area contributed by atoms with Gasteiger partial charge in [0.15, 0.2) is 6.61 Å². The van der Waals surface area contributed by atoms with Crippen molar-refractivity contribution >= 4 is 35.0 Å². The Bertz CT molecular complexity index is 1330. The third-order valence-corrected chi connectivity index (χ3v) is 6.72. The molecule has 0 bridgehead atoms. The fourth-order valence-corrected chi connectivity index (χ4v) is 4.70. The van der Waals surface area contributed by atoms with E-state index in [0.29, 0.717) is 11.4 Å². The molecule has 2 N–H and O–H groups in total. The van der Waals surface area contributed by atoms with E-state index >= 15 is 0 Å². The number of thioether (sulfide) groups is 1. The number of benzene rings is 4. The van der Waals surface area contributed by atoms with Gasteiger partial charge in [-0.1, -0.05) is 66.7 Å². The van der Waals surface area contributed by atoms with Gasteiger partial charge in [0.25, 0.3) is 5.91 Å². The molecule has 0 aliphatic rings. The average molecular weight is 497 g/mol. The maximum Gasteiger partial charge on any atom is 0.262 e. The van der Waals surface area contributed by atoms with Gasteiger partial charge in [-0.05, 0) is 66.9 Å². The van der Waals surface area contributed by atoms with Crippen molar-refractivity contribution in [3.63, 3.8) is 0 Å². The van der Waals surface area contributed by atoms with E-state index in [-0.39, 0.29) is 18.4 Å². The van der Waals surface area contributed by atoms with Crippen LogP contribution in [0.25, 0.3) is 0 Å². The van der Waals surface area contributed by atoms with E-state index in [1.54, 1.807) is 12.1 Å². The van der Waals surface area contributed by atoms with E-state index in [1.807, 2.05) is 105 Å². The highest BCUT2D eigenvalue weighted by Crippen LogP contribution is 2.37. The van der Waals surface area contributed by atoms with Crippen molar-refractivity contribution in [3.8, 4) is 5.75 Å². The summed E-state index contributed by atoms with van der Waals surface area (Å²) in [6.07, 6.45) is 0. The van der Waals surface area contributed by atoms with Crippen molar-refractivity contribution in [2.45, 2.75) is 24.0 Å². The molecule has 1 unspecified atom stereocenters. The summed E-state index contributed by atoms with van der Waals surface area (Å²) in [6.45, 7) is 3.89. The Morgan fingerprint density at radius 1 is 0.806 bits per heavy atom. The van der Waals surface area contributed by atoms with Crippen LogP contribution in [0, 0.1) is 13.8 Å². The molecule has 182 valence electrons. The van der Waals surface area contributed by atoms with Crippen molar-refractivity contribution in [2.24, 2.45) is 0 Å². The molecule has 4 aromatic carbocycles. The molecule has 0 saturated heterocycles. The van der Waals surface area contributed by atoms with Gasteiger partial charge in [-0.3, -0.25) is 9.59 Å². The Labute approximate surface area is 215 Å². The maximum absolute atomic E-state index is 13.4. The fourth-order valence-electron chi connectivity index (χ4n) is 3.62. The molecule has 5 nitrogen and oxygen atoms in total. The second kappa shape index (κ2) is 12.1. The predicted molar refractivity (Wildman–Crippen MR) is 147 cm³/mol. The smallest absolute Gasteiger partial charge is 0.262 e. The van der Waals surface area contributed by atoms with Crippen LogP contribution in [0.5, 0.6) is 5.75 Å². The maximum atomic E-state index is 13.4. The molecule has 0 aliphatic heterocycles.